The van der Waals surface area contributed by atoms with E-state index < -0.39 is 5.97 Å². The summed E-state index contributed by atoms with van der Waals surface area (Å²) in [6, 6.07) is 16.2. The quantitative estimate of drug-likeness (QED) is 0.628. The van der Waals surface area contributed by atoms with Gasteiger partial charge in [0.15, 0.2) is 5.78 Å². The van der Waals surface area contributed by atoms with Crippen molar-refractivity contribution in [2.24, 2.45) is 0 Å². The van der Waals surface area contributed by atoms with Gasteiger partial charge in [0.2, 0.25) is 0 Å². The molecule has 0 saturated carbocycles. The highest BCUT2D eigenvalue weighted by Gasteiger charge is 2.00. The normalized spacial score (nSPS) is 10.5. The second kappa shape index (κ2) is 7.78. The fraction of sp³-hybridized carbons (Fsp3) is 0.111. The van der Waals surface area contributed by atoms with Gasteiger partial charge < -0.3 is 9.84 Å². The second-order valence-corrected chi connectivity index (χ2v) is 4.62. The summed E-state index contributed by atoms with van der Waals surface area (Å²) in [5, 5.41) is 8.53. The minimum Gasteiger partial charge on any atom is -0.493 e. The lowest BCUT2D eigenvalue weighted by molar-refractivity contribution is -0.137. The molecule has 0 fully saturated rings. The molecule has 0 bridgehead atoms. The molecule has 112 valence electrons. The Balaban J connectivity index is 1.92. The van der Waals surface area contributed by atoms with Crippen molar-refractivity contribution in [2.45, 2.75) is 6.42 Å². The maximum absolute atomic E-state index is 11.9. The molecule has 2 rings (SSSR count). The summed E-state index contributed by atoms with van der Waals surface area (Å²) in [6.45, 7) is 0.136. The van der Waals surface area contributed by atoms with Crippen LogP contribution in [-0.2, 0) is 4.79 Å². The number of ketones is 1. The molecule has 0 saturated heterocycles. The Labute approximate surface area is 128 Å². The van der Waals surface area contributed by atoms with Gasteiger partial charge in [0.05, 0.1) is 13.0 Å². The van der Waals surface area contributed by atoms with Gasteiger partial charge in [-0.05, 0) is 23.8 Å². The number of allylic oxidation sites excluding steroid dienone is 1. The zero-order valence-corrected chi connectivity index (χ0v) is 11.9. The van der Waals surface area contributed by atoms with Gasteiger partial charge in [-0.2, -0.15) is 0 Å². The summed E-state index contributed by atoms with van der Waals surface area (Å²) in [5.41, 5.74) is 1.52. The largest absolute Gasteiger partial charge is 0.493 e. The zero-order chi connectivity index (χ0) is 15.8. The SMILES string of the molecule is O=C(O)CCOc1ccc(/C=C/C(=O)c2ccccc2)cc1. The lowest BCUT2D eigenvalue weighted by Crippen LogP contribution is -2.04. The third-order valence-corrected chi connectivity index (χ3v) is 2.95. The van der Waals surface area contributed by atoms with Crippen LogP contribution in [0.2, 0.25) is 0 Å². The van der Waals surface area contributed by atoms with E-state index in [1.165, 1.54) is 6.08 Å². The van der Waals surface area contributed by atoms with Crippen molar-refractivity contribution < 1.29 is 19.4 Å². The second-order valence-electron chi connectivity index (χ2n) is 4.62. The molecule has 0 radical (unpaired) electrons. The zero-order valence-electron chi connectivity index (χ0n) is 11.9. The average Bonchev–Trinajstić information content (AvgIpc) is 2.54. The van der Waals surface area contributed by atoms with Crippen LogP contribution in [0.4, 0.5) is 0 Å². The molecule has 0 unspecified atom stereocenters. The van der Waals surface area contributed by atoms with Crippen LogP contribution >= 0.6 is 0 Å². The number of carboxylic acids is 1. The predicted molar refractivity (Wildman–Crippen MR) is 84.0 cm³/mol. The third kappa shape index (κ3) is 4.90. The monoisotopic (exact) mass is 296 g/mol. The Bertz CT molecular complexity index is 657. The third-order valence-electron chi connectivity index (χ3n) is 2.95. The Hall–Kier alpha value is -2.88. The van der Waals surface area contributed by atoms with Gasteiger partial charge in [0.25, 0.3) is 0 Å². The summed E-state index contributed by atoms with van der Waals surface area (Å²) in [7, 11) is 0. The van der Waals surface area contributed by atoms with Crippen LogP contribution < -0.4 is 4.74 Å². The molecule has 0 aliphatic rings. The van der Waals surface area contributed by atoms with Crippen LogP contribution in [0.3, 0.4) is 0 Å². The molecule has 0 atom stereocenters. The summed E-state index contributed by atoms with van der Waals surface area (Å²) in [5.74, 6) is -0.339. The molecule has 1 N–H and O–H groups in total. The van der Waals surface area contributed by atoms with Gasteiger partial charge in [0.1, 0.15) is 5.75 Å². The first-order valence-electron chi connectivity index (χ1n) is 6.87. The van der Waals surface area contributed by atoms with Crippen molar-refractivity contribution >= 4 is 17.8 Å². The van der Waals surface area contributed by atoms with Gasteiger partial charge >= 0.3 is 5.97 Å². The highest BCUT2D eigenvalue weighted by Crippen LogP contribution is 2.14. The molecule has 0 aromatic heterocycles. The Kier molecular flexibility index (Phi) is 5.49. The first-order valence-corrected chi connectivity index (χ1v) is 6.87. The molecule has 0 aliphatic carbocycles. The van der Waals surface area contributed by atoms with Crippen LogP contribution in [0.1, 0.15) is 22.3 Å². The number of ether oxygens (including phenoxy) is 1. The highest BCUT2D eigenvalue weighted by molar-refractivity contribution is 6.06. The number of carboxylic acid groups (broad SMARTS) is 1. The highest BCUT2D eigenvalue weighted by atomic mass is 16.5. The maximum atomic E-state index is 11.9. The number of carbonyl (C=O) groups is 2. The molecular formula is C18H16O4. The van der Waals surface area contributed by atoms with E-state index in [9.17, 15) is 9.59 Å². The van der Waals surface area contributed by atoms with Crippen LogP contribution in [0.5, 0.6) is 5.75 Å². The van der Waals surface area contributed by atoms with Crippen molar-refractivity contribution in [3.63, 3.8) is 0 Å². The number of rotatable bonds is 7. The van der Waals surface area contributed by atoms with Gasteiger partial charge in [-0.3, -0.25) is 9.59 Å². The van der Waals surface area contributed by atoms with Gasteiger partial charge in [-0.15, -0.1) is 0 Å². The molecule has 4 nitrogen and oxygen atoms in total. The molecule has 0 aliphatic heterocycles. The Morgan fingerprint density at radius 2 is 1.68 bits per heavy atom. The van der Waals surface area contributed by atoms with Gasteiger partial charge in [-0.1, -0.05) is 48.5 Å². The summed E-state index contributed by atoms with van der Waals surface area (Å²) >= 11 is 0. The van der Waals surface area contributed by atoms with Crippen molar-refractivity contribution in [3.05, 3.63) is 71.8 Å². The van der Waals surface area contributed by atoms with Crippen LogP contribution in [0.25, 0.3) is 6.08 Å². The van der Waals surface area contributed by atoms with Gasteiger partial charge in [-0.25, -0.2) is 0 Å². The number of hydrogen-bond acceptors (Lipinski definition) is 3. The van der Waals surface area contributed by atoms with Gasteiger partial charge in [0, 0.05) is 5.56 Å². The molecule has 0 spiro atoms. The van der Waals surface area contributed by atoms with Crippen LogP contribution in [-0.4, -0.2) is 23.5 Å². The van der Waals surface area contributed by atoms with Crippen molar-refractivity contribution in [3.8, 4) is 5.75 Å². The topological polar surface area (TPSA) is 63.6 Å². The Morgan fingerprint density at radius 3 is 2.32 bits per heavy atom. The summed E-state index contributed by atoms with van der Waals surface area (Å²) < 4.78 is 5.29. The summed E-state index contributed by atoms with van der Waals surface area (Å²) in [4.78, 5) is 22.3. The molecule has 0 heterocycles. The minimum absolute atomic E-state index is 0.0345. The smallest absolute Gasteiger partial charge is 0.306 e. The lowest BCUT2D eigenvalue weighted by atomic mass is 10.1. The number of hydrogen-bond donors (Lipinski definition) is 1. The average molecular weight is 296 g/mol. The van der Waals surface area contributed by atoms with E-state index in [0.717, 1.165) is 5.56 Å². The molecule has 22 heavy (non-hydrogen) atoms. The molecule has 2 aromatic rings. The van der Waals surface area contributed by atoms with E-state index in [1.54, 1.807) is 30.3 Å². The van der Waals surface area contributed by atoms with Crippen LogP contribution in [0.15, 0.2) is 60.7 Å². The summed E-state index contributed by atoms with van der Waals surface area (Å²) in [6.07, 6.45) is 3.22. The van der Waals surface area contributed by atoms with Crippen LogP contribution in [0, 0.1) is 0 Å². The van der Waals surface area contributed by atoms with E-state index in [1.807, 2.05) is 30.3 Å². The predicted octanol–water partition coefficient (Wildman–Crippen LogP) is 3.44. The molecular weight excluding hydrogens is 280 g/mol. The maximum Gasteiger partial charge on any atom is 0.306 e. The molecule has 0 amide bonds. The van der Waals surface area contributed by atoms with Crippen molar-refractivity contribution in [2.75, 3.05) is 6.61 Å². The van der Waals surface area contributed by atoms with Crippen molar-refractivity contribution in [1.82, 2.24) is 0 Å². The fourth-order valence-corrected chi connectivity index (χ4v) is 1.80. The fourth-order valence-electron chi connectivity index (χ4n) is 1.80. The van der Waals surface area contributed by atoms with Crippen molar-refractivity contribution in [1.29, 1.82) is 0 Å². The minimum atomic E-state index is -0.890. The number of carbonyl (C=O) groups excluding carboxylic acids is 1. The van der Waals surface area contributed by atoms with E-state index in [-0.39, 0.29) is 18.8 Å². The number of benzene rings is 2. The Morgan fingerprint density at radius 1 is 1.00 bits per heavy atom. The first kappa shape index (κ1) is 15.5. The molecule has 2 aromatic carbocycles. The standard InChI is InChI=1S/C18H16O4/c19-17(15-4-2-1-3-5-15)11-8-14-6-9-16(10-7-14)22-13-12-18(20)21/h1-11H,12-13H2,(H,20,21)/b11-8+. The van der Waals surface area contributed by atoms with E-state index in [2.05, 4.69) is 0 Å². The first-order chi connectivity index (χ1) is 10.6. The van der Waals surface area contributed by atoms with E-state index >= 15 is 0 Å². The van der Waals surface area contributed by atoms with E-state index in [0.29, 0.717) is 11.3 Å². The van der Waals surface area contributed by atoms with E-state index in [4.69, 9.17) is 9.84 Å². The lowest BCUT2D eigenvalue weighted by Gasteiger charge is -2.04. The number of aliphatic carboxylic acids is 1. The molecule has 4 heteroatoms.